The summed E-state index contributed by atoms with van der Waals surface area (Å²) in [5, 5.41) is 0.610. The summed E-state index contributed by atoms with van der Waals surface area (Å²) in [4.78, 5) is 9.97. The van der Waals surface area contributed by atoms with Crippen LogP contribution in [0.3, 0.4) is 0 Å². The van der Waals surface area contributed by atoms with Gasteiger partial charge >= 0.3 is 0 Å². The van der Waals surface area contributed by atoms with Crippen LogP contribution in [-0.4, -0.2) is 18.7 Å². The minimum atomic E-state index is -1.50. The first-order chi connectivity index (χ1) is 14.3. The van der Waals surface area contributed by atoms with Gasteiger partial charge in [-0.05, 0) is 37.0 Å². The second-order valence-electron chi connectivity index (χ2n) is 9.15. The van der Waals surface area contributed by atoms with Gasteiger partial charge in [0, 0.05) is 29.2 Å². The normalized spacial score (nSPS) is 16.8. The molecular formula is C23H27Cl2N3OS. The lowest BCUT2D eigenvalue weighted by atomic mass is 9.88. The number of hydrogen-bond acceptors (Lipinski definition) is 3. The molecule has 160 valence electrons. The second-order valence-corrected chi connectivity index (χ2v) is 11.4. The second kappa shape index (κ2) is 8.60. The topological polar surface area (TPSA) is 47.8 Å². The summed E-state index contributed by atoms with van der Waals surface area (Å²) in [6.45, 7) is 7.58. The molecule has 0 aliphatic heterocycles. The predicted octanol–water partition coefficient (Wildman–Crippen LogP) is 6.78. The summed E-state index contributed by atoms with van der Waals surface area (Å²) in [7, 11) is -1.50. The van der Waals surface area contributed by atoms with E-state index in [1.807, 2.05) is 18.2 Å². The molecule has 2 heterocycles. The summed E-state index contributed by atoms with van der Waals surface area (Å²) in [6.07, 6.45) is 9.49. The van der Waals surface area contributed by atoms with Gasteiger partial charge in [0.1, 0.15) is 5.82 Å². The maximum Gasteiger partial charge on any atom is 0.115 e. The van der Waals surface area contributed by atoms with Crippen LogP contribution >= 0.6 is 23.2 Å². The number of benzene rings is 1. The van der Waals surface area contributed by atoms with Crippen molar-refractivity contribution in [3.05, 3.63) is 46.5 Å². The maximum atomic E-state index is 13.2. The number of halogens is 2. The number of fused-ring (bicyclic) bond motifs is 1. The molecule has 2 aromatic heterocycles. The number of aromatic nitrogens is 3. The molecule has 0 bridgehead atoms. The van der Waals surface area contributed by atoms with Crippen LogP contribution in [0, 0.1) is 5.92 Å². The van der Waals surface area contributed by atoms with E-state index >= 15 is 0 Å². The van der Waals surface area contributed by atoms with Gasteiger partial charge < -0.3 is 4.57 Å². The van der Waals surface area contributed by atoms with Crippen LogP contribution in [0.4, 0.5) is 0 Å². The van der Waals surface area contributed by atoms with Crippen molar-refractivity contribution >= 4 is 45.0 Å². The number of rotatable bonds is 4. The fourth-order valence-electron chi connectivity index (χ4n) is 4.30. The highest BCUT2D eigenvalue weighted by Crippen LogP contribution is 2.34. The summed E-state index contributed by atoms with van der Waals surface area (Å²) in [5.41, 5.74) is 1.88. The smallest absolute Gasteiger partial charge is 0.115 e. The van der Waals surface area contributed by atoms with Gasteiger partial charge in [-0.2, -0.15) is 0 Å². The zero-order valence-electron chi connectivity index (χ0n) is 17.6. The molecule has 1 aromatic carbocycles. The summed E-state index contributed by atoms with van der Waals surface area (Å²) >= 11 is 12.5. The van der Waals surface area contributed by atoms with E-state index in [0.29, 0.717) is 25.8 Å². The van der Waals surface area contributed by atoms with Crippen LogP contribution in [0.1, 0.15) is 58.7 Å². The fourth-order valence-corrected chi connectivity index (χ4v) is 6.20. The molecule has 0 radical (unpaired) electrons. The number of pyridine rings is 1. The SMILES string of the molecule is CC(C)(C)c1nc2cc(S(=O)c3c(Cl)cncc3Cl)ccc2n1CC1CCCCC1. The van der Waals surface area contributed by atoms with E-state index < -0.39 is 10.8 Å². The van der Waals surface area contributed by atoms with Crippen molar-refractivity contribution < 1.29 is 4.21 Å². The van der Waals surface area contributed by atoms with Crippen LogP contribution in [0.2, 0.25) is 10.0 Å². The Morgan fingerprint density at radius 2 is 1.77 bits per heavy atom. The van der Waals surface area contributed by atoms with Gasteiger partial charge in [0.05, 0.1) is 36.8 Å². The summed E-state index contributed by atoms with van der Waals surface area (Å²) in [6, 6.07) is 5.85. The van der Waals surface area contributed by atoms with Crippen LogP contribution in [0.15, 0.2) is 40.4 Å². The van der Waals surface area contributed by atoms with E-state index in [0.717, 1.165) is 23.4 Å². The molecule has 0 N–H and O–H groups in total. The Hall–Kier alpha value is -1.43. The van der Waals surface area contributed by atoms with Gasteiger partial charge in [0.25, 0.3) is 0 Å². The van der Waals surface area contributed by atoms with Gasteiger partial charge in [0.2, 0.25) is 0 Å². The monoisotopic (exact) mass is 463 g/mol. The Labute approximate surface area is 190 Å². The average Bonchev–Trinajstić information content (AvgIpc) is 3.06. The van der Waals surface area contributed by atoms with E-state index in [9.17, 15) is 4.21 Å². The minimum Gasteiger partial charge on any atom is -0.327 e. The molecule has 1 saturated carbocycles. The molecule has 0 amide bonds. The van der Waals surface area contributed by atoms with E-state index in [1.54, 1.807) is 0 Å². The Kier molecular flexibility index (Phi) is 6.25. The lowest BCUT2D eigenvalue weighted by molar-refractivity contribution is 0.313. The first-order valence-corrected chi connectivity index (χ1v) is 12.4. The standard InChI is InChI=1S/C23H27Cl2N3OS/c1-23(2,3)22-27-19-11-16(30(29)21-17(24)12-26-13-18(21)25)9-10-20(19)28(22)14-15-7-5-4-6-8-15/h9-13,15H,4-8,14H2,1-3H3. The Morgan fingerprint density at radius 1 is 1.10 bits per heavy atom. The summed E-state index contributed by atoms with van der Waals surface area (Å²) in [5.74, 6) is 1.77. The molecule has 1 aliphatic carbocycles. The lowest BCUT2D eigenvalue weighted by Gasteiger charge is -2.26. The van der Waals surface area contributed by atoms with Crippen LogP contribution in [-0.2, 0) is 22.8 Å². The Balaban J connectivity index is 1.77. The van der Waals surface area contributed by atoms with Crippen LogP contribution in [0.25, 0.3) is 11.0 Å². The Bertz CT molecular complexity index is 1080. The Morgan fingerprint density at radius 3 is 2.40 bits per heavy atom. The quantitative estimate of drug-likeness (QED) is 0.428. The third-order valence-corrected chi connectivity index (χ3v) is 8.06. The third kappa shape index (κ3) is 4.30. The molecule has 7 heteroatoms. The minimum absolute atomic E-state index is 0.0787. The average molecular weight is 464 g/mol. The highest BCUT2D eigenvalue weighted by atomic mass is 35.5. The van der Waals surface area contributed by atoms with E-state index in [4.69, 9.17) is 28.2 Å². The molecule has 30 heavy (non-hydrogen) atoms. The van der Waals surface area contributed by atoms with Gasteiger partial charge in [-0.1, -0.05) is 63.2 Å². The van der Waals surface area contributed by atoms with Gasteiger partial charge in [-0.25, -0.2) is 9.19 Å². The summed E-state index contributed by atoms with van der Waals surface area (Å²) < 4.78 is 15.6. The van der Waals surface area contributed by atoms with Crippen molar-refractivity contribution in [1.29, 1.82) is 0 Å². The molecule has 1 atom stereocenters. The van der Waals surface area contributed by atoms with Crippen molar-refractivity contribution in [2.45, 2.75) is 74.6 Å². The highest BCUT2D eigenvalue weighted by molar-refractivity contribution is 7.85. The lowest BCUT2D eigenvalue weighted by Crippen LogP contribution is -2.22. The molecule has 1 unspecified atom stereocenters. The van der Waals surface area contributed by atoms with Crippen LogP contribution in [0.5, 0.6) is 0 Å². The fraction of sp³-hybridized carbons (Fsp3) is 0.478. The van der Waals surface area contributed by atoms with Gasteiger partial charge in [0.15, 0.2) is 0 Å². The first kappa shape index (κ1) is 21.8. The van der Waals surface area contributed by atoms with Crippen molar-refractivity contribution in [2.24, 2.45) is 5.92 Å². The maximum absolute atomic E-state index is 13.2. The molecule has 1 fully saturated rings. The zero-order valence-corrected chi connectivity index (χ0v) is 19.9. The largest absolute Gasteiger partial charge is 0.327 e. The van der Waals surface area contributed by atoms with Crippen molar-refractivity contribution in [3.8, 4) is 0 Å². The zero-order chi connectivity index (χ0) is 21.5. The van der Waals surface area contributed by atoms with Gasteiger partial charge in [-0.15, -0.1) is 0 Å². The van der Waals surface area contributed by atoms with E-state index in [1.165, 1.54) is 44.5 Å². The predicted molar refractivity (Wildman–Crippen MR) is 124 cm³/mol. The van der Waals surface area contributed by atoms with Crippen molar-refractivity contribution in [3.63, 3.8) is 0 Å². The number of imidazole rings is 1. The van der Waals surface area contributed by atoms with Gasteiger partial charge in [-0.3, -0.25) is 4.98 Å². The number of hydrogen-bond donors (Lipinski definition) is 0. The molecular weight excluding hydrogens is 437 g/mol. The molecule has 4 nitrogen and oxygen atoms in total. The highest BCUT2D eigenvalue weighted by Gasteiger charge is 2.26. The van der Waals surface area contributed by atoms with Crippen molar-refractivity contribution in [2.75, 3.05) is 0 Å². The van der Waals surface area contributed by atoms with E-state index in [2.05, 4.69) is 30.3 Å². The number of nitrogens with zero attached hydrogens (tertiary/aromatic N) is 3. The first-order valence-electron chi connectivity index (χ1n) is 10.5. The molecule has 0 spiro atoms. The van der Waals surface area contributed by atoms with E-state index in [-0.39, 0.29) is 5.41 Å². The molecule has 3 aromatic rings. The van der Waals surface area contributed by atoms with Crippen LogP contribution < -0.4 is 0 Å². The molecule has 4 rings (SSSR count). The third-order valence-electron chi connectivity index (χ3n) is 5.77. The molecule has 0 saturated heterocycles. The molecule has 1 aliphatic rings. The van der Waals surface area contributed by atoms with Crippen molar-refractivity contribution in [1.82, 2.24) is 14.5 Å².